The summed E-state index contributed by atoms with van der Waals surface area (Å²) in [7, 11) is -2.33. The van der Waals surface area contributed by atoms with E-state index in [-0.39, 0.29) is 40.8 Å². The molecule has 4 aromatic rings. The molecule has 1 aliphatic rings. The van der Waals surface area contributed by atoms with Crippen LogP contribution in [0.25, 0.3) is 0 Å². The van der Waals surface area contributed by atoms with Crippen LogP contribution < -0.4 is 23.4 Å². The van der Waals surface area contributed by atoms with Gasteiger partial charge in [0, 0.05) is 29.6 Å². The lowest BCUT2D eigenvalue weighted by Gasteiger charge is -2.39. The van der Waals surface area contributed by atoms with E-state index in [2.05, 4.69) is 4.98 Å². The zero-order valence-corrected chi connectivity index (χ0v) is 25.1. The number of sulfonamides is 1. The van der Waals surface area contributed by atoms with Crippen LogP contribution in [0.1, 0.15) is 18.1 Å². The van der Waals surface area contributed by atoms with Crippen molar-refractivity contribution in [2.45, 2.75) is 17.4 Å². The highest BCUT2D eigenvalue weighted by molar-refractivity contribution is 7.93. The molecule has 3 aromatic carbocycles. The number of carboxylic acid groups (broad SMARTS) is 1. The molecule has 1 unspecified atom stereocenters. The first kappa shape index (κ1) is 30.6. The van der Waals surface area contributed by atoms with Gasteiger partial charge >= 0.3 is 6.09 Å². The Balaban J connectivity index is 1.94. The van der Waals surface area contributed by atoms with Crippen LogP contribution in [0.15, 0.2) is 83.9 Å². The van der Waals surface area contributed by atoms with Crippen molar-refractivity contribution in [2.24, 2.45) is 0 Å². The summed E-state index contributed by atoms with van der Waals surface area (Å²) in [5.74, 6) is -2.40. The number of nitrogens with zero attached hydrogens (tertiary/aromatic N) is 3. The molecule has 0 saturated carbocycles. The second-order valence-electron chi connectivity index (χ2n) is 9.33. The number of pyridine rings is 1. The van der Waals surface area contributed by atoms with Crippen molar-refractivity contribution in [3.05, 3.63) is 101 Å². The van der Waals surface area contributed by atoms with Gasteiger partial charge in [-0.25, -0.2) is 22.6 Å². The van der Waals surface area contributed by atoms with E-state index in [4.69, 9.17) is 25.8 Å². The minimum absolute atomic E-state index is 0.00711. The SMILES string of the molecule is CCOc1ncccc1C1(N(C(=O)O)c2ccccc2)C(=O)N(S(=O)(=O)c2ccc(OC)cc2OC)c2cc(F)c(Cl)cc21. The number of amides is 2. The van der Waals surface area contributed by atoms with Gasteiger partial charge in [-0.15, -0.1) is 0 Å². The number of anilines is 2. The normalized spacial score (nSPS) is 15.9. The average Bonchev–Trinajstić information content (AvgIpc) is 3.25. The third kappa shape index (κ3) is 4.64. The number of aromatic nitrogens is 1. The van der Waals surface area contributed by atoms with Gasteiger partial charge < -0.3 is 19.3 Å². The van der Waals surface area contributed by atoms with E-state index in [1.807, 2.05) is 0 Å². The number of methoxy groups -OCH3 is 2. The Kier molecular flexibility index (Phi) is 8.10. The van der Waals surface area contributed by atoms with Crippen LogP contribution in [0.2, 0.25) is 5.02 Å². The van der Waals surface area contributed by atoms with Crippen molar-refractivity contribution >= 4 is 45.0 Å². The minimum Gasteiger partial charge on any atom is -0.497 e. The number of hydrogen-bond acceptors (Lipinski definition) is 8. The molecule has 0 bridgehead atoms. The van der Waals surface area contributed by atoms with Gasteiger partial charge in [-0.2, -0.15) is 4.31 Å². The Labute approximate surface area is 257 Å². The number of carbonyl (C=O) groups is 2. The van der Waals surface area contributed by atoms with Crippen molar-refractivity contribution < 1.29 is 41.7 Å². The van der Waals surface area contributed by atoms with E-state index in [1.54, 1.807) is 25.1 Å². The summed E-state index contributed by atoms with van der Waals surface area (Å²) < 4.78 is 60.7. The molecule has 0 fully saturated rings. The summed E-state index contributed by atoms with van der Waals surface area (Å²) in [5, 5.41) is 10.3. The molecule has 14 heteroatoms. The summed E-state index contributed by atoms with van der Waals surface area (Å²) in [4.78, 5) is 32.8. The number of fused-ring (bicyclic) bond motifs is 1. The second-order valence-corrected chi connectivity index (χ2v) is 11.5. The Morgan fingerprint density at radius 3 is 2.41 bits per heavy atom. The molecular formula is C30H25ClFN3O8S. The predicted molar refractivity (Wildman–Crippen MR) is 159 cm³/mol. The van der Waals surface area contributed by atoms with Crippen LogP contribution in [-0.4, -0.2) is 51.3 Å². The fraction of sp³-hybridized carbons (Fsp3) is 0.167. The van der Waals surface area contributed by atoms with Crippen molar-refractivity contribution in [2.75, 3.05) is 30.0 Å². The third-order valence-electron chi connectivity index (χ3n) is 7.01. The van der Waals surface area contributed by atoms with Gasteiger partial charge in [-0.3, -0.25) is 9.69 Å². The third-order valence-corrected chi connectivity index (χ3v) is 9.04. The minimum atomic E-state index is -4.93. The molecule has 1 N–H and O–H groups in total. The molecule has 1 aliphatic heterocycles. The number of rotatable bonds is 9. The molecule has 11 nitrogen and oxygen atoms in total. The fourth-order valence-corrected chi connectivity index (χ4v) is 6.99. The highest BCUT2D eigenvalue weighted by Crippen LogP contribution is 2.54. The number of carbonyl (C=O) groups excluding carboxylic acids is 1. The van der Waals surface area contributed by atoms with Crippen molar-refractivity contribution in [3.8, 4) is 17.4 Å². The first-order valence-electron chi connectivity index (χ1n) is 13.0. The van der Waals surface area contributed by atoms with Crippen LogP contribution in [0.5, 0.6) is 17.4 Å². The lowest BCUT2D eigenvalue weighted by Crippen LogP contribution is -2.57. The first-order chi connectivity index (χ1) is 21.0. The summed E-state index contributed by atoms with van der Waals surface area (Å²) >= 11 is 6.25. The maximum absolute atomic E-state index is 15.2. The molecule has 228 valence electrons. The Hall–Kier alpha value is -4.88. The van der Waals surface area contributed by atoms with Gasteiger partial charge in [0.2, 0.25) is 5.88 Å². The van der Waals surface area contributed by atoms with Gasteiger partial charge in [0.15, 0.2) is 5.54 Å². The highest BCUT2D eigenvalue weighted by atomic mass is 35.5. The first-order valence-corrected chi connectivity index (χ1v) is 14.8. The lowest BCUT2D eigenvalue weighted by molar-refractivity contribution is -0.120. The number of hydrogen-bond donors (Lipinski definition) is 1. The number of benzene rings is 3. The van der Waals surface area contributed by atoms with Gasteiger partial charge in [-0.05, 0) is 49.4 Å². The van der Waals surface area contributed by atoms with Crippen LogP contribution in [0.4, 0.5) is 20.6 Å². The fourth-order valence-electron chi connectivity index (χ4n) is 5.23. The predicted octanol–water partition coefficient (Wildman–Crippen LogP) is 5.45. The van der Waals surface area contributed by atoms with E-state index >= 15 is 9.18 Å². The molecule has 1 aromatic heterocycles. The van der Waals surface area contributed by atoms with Crippen molar-refractivity contribution in [1.82, 2.24) is 4.98 Å². The monoisotopic (exact) mass is 641 g/mol. The maximum Gasteiger partial charge on any atom is 0.413 e. The number of ether oxygens (including phenoxy) is 3. The molecule has 2 amide bonds. The van der Waals surface area contributed by atoms with Crippen molar-refractivity contribution in [1.29, 1.82) is 0 Å². The summed E-state index contributed by atoms with van der Waals surface area (Å²) in [6.45, 7) is 1.72. The molecular weight excluding hydrogens is 617 g/mol. The molecule has 0 radical (unpaired) electrons. The van der Waals surface area contributed by atoms with Gasteiger partial charge in [-0.1, -0.05) is 29.8 Å². The topological polar surface area (TPSA) is 136 Å². The molecule has 2 heterocycles. The standard InChI is InChI=1S/C30H25ClFN3O8S/c1-4-43-27-20(11-8-14-33-27)30(34(29(37)38)18-9-6-5-7-10-18)21-16-22(31)23(32)17-24(21)35(28(30)36)44(39,40)26-13-12-19(41-2)15-25(26)42-3/h5-17H,4H2,1-3H3,(H,37,38). The van der Waals surface area contributed by atoms with E-state index in [1.165, 1.54) is 56.8 Å². The molecule has 0 aliphatic carbocycles. The highest BCUT2D eigenvalue weighted by Gasteiger charge is 2.63. The van der Waals surface area contributed by atoms with E-state index in [0.29, 0.717) is 9.21 Å². The van der Waals surface area contributed by atoms with Crippen LogP contribution in [-0.2, 0) is 20.4 Å². The van der Waals surface area contributed by atoms with Gasteiger partial charge in [0.05, 0.1) is 37.1 Å². The summed E-state index contributed by atoms with van der Waals surface area (Å²) in [6, 6.07) is 16.0. The van der Waals surface area contributed by atoms with E-state index in [0.717, 1.165) is 18.2 Å². The Morgan fingerprint density at radius 1 is 1.05 bits per heavy atom. The van der Waals surface area contributed by atoms with Crippen molar-refractivity contribution in [3.63, 3.8) is 0 Å². The summed E-state index contributed by atoms with van der Waals surface area (Å²) in [5.41, 5.74) is -3.37. The molecule has 0 spiro atoms. The maximum atomic E-state index is 15.2. The van der Waals surface area contributed by atoms with E-state index in [9.17, 15) is 18.3 Å². The Morgan fingerprint density at radius 2 is 1.77 bits per heavy atom. The van der Waals surface area contributed by atoms with Crippen LogP contribution >= 0.6 is 11.6 Å². The molecule has 44 heavy (non-hydrogen) atoms. The average molecular weight is 642 g/mol. The zero-order chi connectivity index (χ0) is 31.8. The second kappa shape index (κ2) is 11.7. The smallest absolute Gasteiger partial charge is 0.413 e. The summed E-state index contributed by atoms with van der Waals surface area (Å²) in [6.07, 6.45) is -0.270. The molecule has 0 saturated heterocycles. The largest absolute Gasteiger partial charge is 0.497 e. The molecule has 5 rings (SSSR count). The van der Waals surface area contributed by atoms with Gasteiger partial charge in [0.1, 0.15) is 22.2 Å². The van der Waals surface area contributed by atoms with Crippen LogP contribution in [0, 0.1) is 5.82 Å². The Bertz CT molecular complexity index is 1880. The number of halogens is 2. The van der Waals surface area contributed by atoms with Gasteiger partial charge in [0.25, 0.3) is 15.9 Å². The molecule has 1 atom stereocenters. The number of para-hydroxylation sites is 1. The lowest BCUT2D eigenvalue weighted by atomic mass is 9.82. The van der Waals surface area contributed by atoms with Crippen LogP contribution in [0.3, 0.4) is 0 Å². The quantitative estimate of drug-likeness (QED) is 0.253. The van der Waals surface area contributed by atoms with E-state index < -0.39 is 49.0 Å². The zero-order valence-electron chi connectivity index (χ0n) is 23.5.